The number of sulfone groups is 1. The summed E-state index contributed by atoms with van der Waals surface area (Å²) in [6.45, 7) is 0. The van der Waals surface area contributed by atoms with E-state index in [2.05, 4.69) is 15.3 Å². The molecule has 3 rings (SSSR count). The summed E-state index contributed by atoms with van der Waals surface area (Å²) in [6, 6.07) is 5.29. The molecule has 0 saturated heterocycles. The fraction of sp³-hybridized carbons (Fsp3) is 0.467. The molecule has 1 aromatic heterocycles. The van der Waals surface area contributed by atoms with E-state index in [1.807, 2.05) is 0 Å². The van der Waals surface area contributed by atoms with Gasteiger partial charge < -0.3 is 4.98 Å². The van der Waals surface area contributed by atoms with E-state index in [1.54, 1.807) is 18.2 Å². The molecule has 0 unspecified atom stereocenters. The summed E-state index contributed by atoms with van der Waals surface area (Å²) in [4.78, 5) is 19.1. The lowest BCUT2D eigenvalue weighted by Gasteiger charge is -2.10. The first-order chi connectivity index (χ1) is 11.0. The van der Waals surface area contributed by atoms with Crippen LogP contribution in [-0.2, 0) is 14.6 Å². The molecule has 1 aromatic carbocycles. The SMILES string of the molecule is O=C(CCS(=O)(=O)C1CCCC1)Nc1nc2c(Cl)cccc2[nH]1. The van der Waals surface area contributed by atoms with Gasteiger partial charge in [0.05, 0.1) is 21.5 Å². The van der Waals surface area contributed by atoms with E-state index in [0.29, 0.717) is 28.9 Å². The summed E-state index contributed by atoms with van der Waals surface area (Å²) in [5.74, 6) is -0.220. The first kappa shape index (κ1) is 16.3. The van der Waals surface area contributed by atoms with Crippen LogP contribution in [0.5, 0.6) is 0 Å². The van der Waals surface area contributed by atoms with E-state index in [0.717, 1.165) is 12.8 Å². The predicted octanol–water partition coefficient (Wildman–Crippen LogP) is 2.90. The van der Waals surface area contributed by atoms with Gasteiger partial charge in [-0.25, -0.2) is 13.4 Å². The number of carbonyl (C=O) groups is 1. The quantitative estimate of drug-likeness (QED) is 0.862. The Morgan fingerprint density at radius 1 is 1.35 bits per heavy atom. The van der Waals surface area contributed by atoms with Crippen molar-refractivity contribution in [3.8, 4) is 0 Å². The molecular weight excluding hydrogens is 338 g/mol. The lowest BCUT2D eigenvalue weighted by Crippen LogP contribution is -2.24. The van der Waals surface area contributed by atoms with Crippen LogP contribution in [0.1, 0.15) is 32.1 Å². The average Bonchev–Trinajstić information content (AvgIpc) is 3.15. The molecular formula is C15H18ClN3O3S. The van der Waals surface area contributed by atoms with Crippen molar-refractivity contribution in [2.75, 3.05) is 11.1 Å². The summed E-state index contributed by atoms with van der Waals surface area (Å²) in [6.07, 6.45) is 3.27. The second-order valence-corrected chi connectivity index (χ2v) is 8.60. The zero-order valence-corrected chi connectivity index (χ0v) is 14.1. The topological polar surface area (TPSA) is 91.9 Å². The number of para-hydroxylation sites is 1. The van der Waals surface area contributed by atoms with Crippen molar-refractivity contribution in [3.63, 3.8) is 0 Å². The first-order valence-corrected chi connectivity index (χ1v) is 9.71. The van der Waals surface area contributed by atoms with Crippen LogP contribution in [0, 0.1) is 0 Å². The van der Waals surface area contributed by atoms with Crippen molar-refractivity contribution in [3.05, 3.63) is 23.2 Å². The second-order valence-electron chi connectivity index (χ2n) is 5.79. The Morgan fingerprint density at radius 2 is 2.09 bits per heavy atom. The largest absolute Gasteiger partial charge is 0.324 e. The van der Waals surface area contributed by atoms with Crippen molar-refractivity contribution >= 4 is 44.3 Å². The molecule has 0 atom stereocenters. The molecule has 23 heavy (non-hydrogen) atoms. The highest BCUT2D eigenvalue weighted by Crippen LogP contribution is 2.26. The fourth-order valence-electron chi connectivity index (χ4n) is 2.90. The number of fused-ring (bicyclic) bond motifs is 1. The van der Waals surface area contributed by atoms with Crippen LogP contribution in [0.4, 0.5) is 5.95 Å². The Kier molecular flexibility index (Phi) is 4.59. The van der Waals surface area contributed by atoms with Gasteiger partial charge in [-0.3, -0.25) is 10.1 Å². The van der Waals surface area contributed by atoms with Crippen molar-refractivity contribution in [2.45, 2.75) is 37.4 Å². The number of anilines is 1. The Bertz CT molecular complexity index is 826. The summed E-state index contributed by atoms with van der Waals surface area (Å²) in [7, 11) is -3.19. The standard InChI is InChI=1S/C15H18ClN3O3S/c16-11-6-3-7-12-14(11)19-15(17-12)18-13(20)8-9-23(21,22)10-4-1-2-5-10/h3,6-7,10H,1-2,4-5,8-9H2,(H2,17,18,19,20). The number of halogens is 1. The van der Waals surface area contributed by atoms with Gasteiger partial charge in [-0.05, 0) is 25.0 Å². The second kappa shape index (κ2) is 6.49. The van der Waals surface area contributed by atoms with E-state index >= 15 is 0 Å². The smallest absolute Gasteiger partial charge is 0.227 e. The van der Waals surface area contributed by atoms with Crippen LogP contribution in [0.15, 0.2) is 18.2 Å². The minimum absolute atomic E-state index is 0.0659. The Balaban J connectivity index is 1.61. The minimum Gasteiger partial charge on any atom is -0.324 e. The van der Waals surface area contributed by atoms with Crippen LogP contribution in [0.3, 0.4) is 0 Å². The molecule has 6 nitrogen and oxygen atoms in total. The van der Waals surface area contributed by atoms with Crippen molar-refractivity contribution in [2.24, 2.45) is 0 Å². The average molecular weight is 356 g/mol. The van der Waals surface area contributed by atoms with Gasteiger partial charge >= 0.3 is 0 Å². The van der Waals surface area contributed by atoms with E-state index in [1.165, 1.54) is 0 Å². The zero-order valence-electron chi connectivity index (χ0n) is 12.5. The highest BCUT2D eigenvalue weighted by molar-refractivity contribution is 7.92. The van der Waals surface area contributed by atoms with Gasteiger partial charge in [0.25, 0.3) is 0 Å². The van der Waals surface area contributed by atoms with Crippen LogP contribution >= 0.6 is 11.6 Å². The van der Waals surface area contributed by atoms with Crippen molar-refractivity contribution in [1.82, 2.24) is 9.97 Å². The number of amides is 1. The Morgan fingerprint density at radius 3 is 2.78 bits per heavy atom. The van der Waals surface area contributed by atoms with Crippen LogP contribution in [-0.4, -0.2) is 35.3 Å². The lowest BCUT2D eigenvalue weighted by molar-refractivity contribution is -0.115. The number of aromatic nitrogens is 2. The number of imidazole rings is 1. The first-order valence-electron chi connectivity index (χ1n) is 7.61. The molecule has 1 heterocycles. The molecule has 124 valence electrons. The third-order valence-electron chi connectivity index (χ3n) is 4.14. The Labute approximate surface area is 139 Å². The van der Waals surface area contributed by atoms with Crippen molar-refractivity contribution < 1.29 is 13.2 Å². The molecule has 1 aliphatic rings. The van der Waals surface area contributed by atoms with Gasteiger partial charge in [-0.2, -0.15) is 0 Å². The van der Waals surface area contributed by atoms with E-state index in [9.17, 15) is 13.2 Å². The maximum absolute atomic E-state index is 12.2. The third-order valence-corrected chi connectivity index (χ3v) is 6.71. The number of benzene rings is 1. The number of carbonyl (C=O) groups excluding carboxylic acids is 1. The lowest BCUT2D eigenvalue weighted by atomic mass is 10.3. The number of aromatic amines is 1. The Hall–Kier alpha value is -1.60. The number of H-pyrrole nitrogens is 1. The van der Waals surface area contributed by atoms with E-state index < -0.39 is 9.84 Å². The maximum Gasteiger partial charge on any atom is 0.227 e. The highest BCUT2D eigenvalue weighted by Gasteiger charge is 2.28. The zero-order chi connectivity index (χ0) is 16.4. The molecule has 1 saturated carbocycles. The molecule has 0 spiro atoms. The maximum atomic E-state index is 12.2. The number of hydrogen-bond acceptors (Lipinski definition) is 4. The van der Waals surface area contributed by atoms with Crippen molar-refractivity contribution in [1.29, 1.82) is 0 Å². The molecule has 1 fully saturated rings. The molecule has 0 bridgehead atoms. The minimum atomic E-state index is -3.19. The molecule has 2 N–H and O–H groups in total. The monoisotopic (exact) mass is 355 g/mol. The summed E-state index contributed by atoms with van der Waals surface area (Å²) in [5, 5.41) is 2.80. The third kappa shape index (κ3) is 3.67. The summed E-state index contributed by atoms with van der Waals surface area (Å²) in [5.41, 5.74) is 1.29. The van der Waals surface area contributed by atoms with E-state index in [4.69, 9.17) is 11.6 Å². The van der Waals surface area contributed by atoms with Crippen LogP contribution in [0.25, 0.3) is 11.0 Å². The van der Waals surface area contributed by atoms with Gasteiger partial charge in [0, 0.05) is 6.42 Å². The number of nitrogens with zero attached hydrogens (tertiary/aromatic N) is 1. The number of hydrogen-bond donors (Lipinski definition) is 2. The van der Waals surface area contributed by atoms with Gasteiger partial charge in [-0.1, -0.05) is 30.5 Å². The fourth-order valence-corrected chi connectivity index (χ4v) is 4.97. The molecule has 2 aromatic rings. The van der Waals surface area contributed by atoms with E-state index in [-0.39, 0.29) is 29.3 Å². The highest BCUT2D eigenvalue weighted by atomic mass is 35.5. The molecule has 1 amide bonds. The van der Waals surface area contributed by atoms with Gasteiger partial charge in [0.1, 0.15) is 5.52 Å². The number of nitrogens with one attached hydrogen (secondary N) is 2. The van der Waals surface area contributed by atoms with Gasteiger partial charge in [0.15, 0.2) is 9.84 Å². The molecule has 1 aliphatic carbocycles. The molecule has 8 heteroatoms. The van der Waals surface area contributed by atoms with Gasteiger partial charge in [0.2, 0.25) is 11.9 Å². The molecule has 0 aliphatic heterocycles. The van der Waals surface area contributed by atoms with Gasteiger partial charge in [-0.15, -0.1) is 0 Å². The summed E-state index contributed by atoms with van der Waals surface area (Å²) >= 11 is 6.03. The number of rotatable bonds is 5. The predicted molar refractivity (Wildman–Crippen MR) is 90.4 cm³/mol. The summed E-state index contributed by atoms with van der Waals surface area (Å²) < 4.78 is 24.3. The normalized spacial score (nSPS) is 16.0. The molecule has 0 radical (unpaired) electrons. The van der Waals surface area contributed by atoms with Crippen LogP contribution in [0.2, 0.25) is 5.02 Å². The van der Waals surface area contributed by atoms with Crippen LogP contribution < -0.4 is 5.32 Å².